The topological polar surface area (TPSA) is 114 Å². The van der Waals surface area contributed by atoms with Gasteiger partial charge in [0.15, 0.2) is 0 Å². The number of benzene rings is 2. The summed E-state index contributed by atoms with van der Waals surface area (Å²) in [5.74, 6) is 1.04. The molecule has 0 aliphatic heterocycles. The second-order valence-electron chi connectivity index (χ2n) is 7.40. The molecule has 0 saturated carbocycles. The van der Waals surface area contributed by atoms with E-state index < -0.39 is 0 Å². The molecule has 33 heavy (non-hydrogen) atoms. The van der Waals surface area contributed by atoms with Crippen molar-refractivity contribution in [1.82, 2.24) is 25.1 Å². The van der Waals surface area contributed by atoms with Crippen LogP contribution in [0.3, 0.4) is 0 Å². The summed E-state index contributed by atoms with van der Waals surface area (Å²) in [6.45, 7) is 0.428. The number of para-hydroxylation sites is 1. The first-order valence-corrected chi connectivity index (χ1v) is 10.4. The summed E-state index contributed by atoms with van der Waals surface area (Å²) in [5.41, 5.74) is 3.10. The van der Waals surface area contributed by atoms with Gasteiger partial charge in [-0.25, -0.2) is 4.98 Å². The molecule has 2 aromatic carbocycles. The van der Waals surface area contributed by atoms with Gasteiger partial charge in [-0.1, -0.05) is 24.3 Å². The van der Waals surface area contributed by atoms with Crippen molar-refractivity contribution < 1.29 is 19.1 Å². The summed E-state index contributed by atoms with van der Waals surface area (Å²) in [6.07, 6.45) is 3.71. The second kappa shape index (κ2) is 10.0. The molecule has 0 unspecified atom stereocenters. The molecule has 168 valence electrons. The third kappa shape index (κ3) is 5.04. The van der Waals surface area contributed by atoms with E-state index in [1.165, 1.54) is 4.90 Å². The van der Waals surface area contributed by atoms with Gasteiger partial charge in [0.25, 0.3) is 17.7 Å². The Kier molecular flexibility index (Phi) is 6.70. The SMILES string of the molecule is CN(C)C(=O)c1ccc(-c2cncc(-c3nnc(-c4ccccc4OCCCO)o3)n2)cc1. The molecule has 0 aliphatic carbocycles. The Morgan fingerprint density at radius 1 is 1.00 bits per heavy atom. The first-order chi connectivity index (χ1) is 16.1. The van der Waals surface area contributed by atoms with Crippen molar-refractivity contribution >= 4 is 5.91 Å². The number of ether oxygens (including phenoxy) is 1. The molecule has 4 rings (SSSR count). The zero-order chi connectivity index (χ0) is 23.2. The largest absolute Gasteiger partial charge is 0.493 e. The van der Waals surface area contributed by atoms with Crippen molar-refractivity contribution in [3.05, 3.63) is 66.5 Å². The maximum atomic E-state index is 12.1. The number of rotatable bonds is 8. The van der Waals surface area contributed by atoms with E-state index in [0.717, 1.165) is 5.56 Å². The average molecular weight is 445 g/mol. The first-order valence-electron chi connectivity index (χ1n) is 10.4. The van der Waals surface area contributed by atoms with E-state index in [9.17, 15) is 4.79 Å². The summed E-state index contributed by atoms with van der Waals surface area (Å²) in [4.78, 5) is 22.5. The third-order valence-electron chi connectivity index (χ3n) is 4.79. The Labute approximate surface area is 190 Å². The molecule has 2 heterocycles. The van der Waals surface area contributed by atoms with Gasteiger partial charge >= 0.3 is 0 Å². The first kappa shape index (κ1) is 22.1. The highest BCUT2D eigenvalue weighted by molar-refractivity contribution is 5.94. The monoisotopic (exact) mass is 445 g/mol. The van der Waals surface area contributed by atoms with Crippen LogP contribution in [0, 0.1) is 0 Å². The summed E-state index contributed by atoms with van der Waals surface area (Å²) in [5, 5.41) is 17.2. The molecule has 9 heteroatoms. The van der Waals surface area contributed by atoms with Crippen LogP contribution < -0.4 is 4.74 Å². The Balaban J connectivity index is 1.58. The summed E-state index contributed by atoms with van der Waals surface area (Å²) < 4.78 is 11.6. The van der Waals surface area contributed by atoms with Gasteiger partial charge in [0.05, 0.1) is 30.3 Å². The molecule has 0 fully saturated rings. The molecule has 1 N–H and O–H groups in total. The maximum Gasteiger partial charge on any atom is 0.268 e. The number of amides is 1. The lowest BCUT2D eigenvalue weighted by Gasteiger charge is -2.10. The fourth-order valence-corrected chi connectivity index (χ4v) is 3.10. The molecular weight excluding hydrogens is 422 g/mol. The average Bonchev–Trinajstić information content (AvgIpc) is 3.34. The third-order valence-corrected chi connectivity index (χ3v) is 4.79. The number of aliphatic hydroxyl groups excluding tert-OH is 1. The lowest BCUT2D eigenvalue weighted by molar-refractivity contribution is 0.0827. The van der Waals surface area contributed by atoms with Crippen LogP contribution in [-0.2, 0) is 0 Å². The molecular formula is C24H23N5O4. The van der Waals surface area contributed by atoms with Crippen molar-refractivity contribution in [2.75, 3.05) is 27.3 Å². The lowest BCUT2D eigenvalue weighted by atomic mass is 10.1. The van der Waals surface area contributed by atoms with Crippen molar-refractivity contribution in [2.24, 2.45) is 0 Å². The van der Waals surface area contributed by atoms with E-state index >= 15 is 0 Å². The zero-order valence-corrected chi connectivity index (χ0v) is 18.3. The molecule has 4 aromatic rings. The number of nitrogens with zero attached hydrogens (tertiary/aromatic N) is 5. The number of hydrogen-bond acceptors (Lipinski definition) is 8. The van der Waals surface area contributed by atoms with Crippen LogP contribution in [0.5, 0.6) is 5.75 Å². The fraction of sp³-hybridized carbons (Fsp3) is 0.208. The Morgan fingerprint density at radius 3 is 2.48 bits per heavy atom. The number of hydrogen-bond donors (Lipinski definition) is 1. The van der Waals surface area contributed by atoms with E-state index in [1.807, 2.05) is 36.4 Å². The van der Waals surface area contributed by atoms with Gasteiger partial charge in [-0.2, -0.15) is 0 Å². The van der Waals surface area contributed by atoms with Gasteiger partial charge in [0, 0.05) is 38.2 Å². The van der Waals surface area contributed by atoms with E-state index in [2.05, 4.69) is 20.2 Å². The van der Waals surface area contributed by atoms with Crippen LogP contribution in [0.4, 0.5) is 0 Å². The minimum atomic E-state index is -0.0691. The van der Waals surface area contributed by atoms with Crippen molar-refractivity contribution in [1.29, 1.82) is 0 Å². The summed E-state index contributed by atoms with van der Waals surface area (Å²) in [6, 6.07) is 14.5. The van der Waals surface area contributed by atoms with Gasteiger partial charge in [0.2, 0.25) is 0 Å². The number of carbonyl (C=O) groups excluding carboxylic acids is 1. The highest BCUT2D eigenvalue weighted by atomic mass is 16.5. The molecule has 0 atom stereocenters. The molecule has 9 nitrogen and oxygen atoms in total. The van der Waals surface area contributed by atoms with E-state index in [1.54, 1.807) is 38.6 Å². The molecule has 0 radical (unpaired) electrons. The lowest BCUT2D eigenvalue weighted by Crippen LogP contribution is -2.21. The molecule has 0 bridgehead atoms. The molecule has 0 spiro atoms. The van der Waals surface area contributed by atoms with Crippen LogP contribution >= 0.6 is 0 Å². The fourth-order valence-electron chi connectivity index (χ4n) is 3.10. The van der Waals surface area contributed by atoms with Crippen molar-refractivity contribution in [2.45, 2.75) is 6.42 Å². The minimum Gasteiger partial charge on any atom is -0.493 e. The van der Waals surface area contributed by atoms with Gasteiger partial charge < -0.3 is 19.2 Å². The highest BCUT2D eigenvalue weighted by Crippen LogP contribution is 2.31. The predicted octanol–water partition coefficient (Wildman–Crippen LogP) is 3.32. The van der Waals surface area contributed by atoms with E-state index in [0.29, 0.717) is 47.2 Å². The van der Waals surface area contributed by atoms with Crippen molar-refractivity contribution in [3.8, 4) is 40.0 Å². The highest BCUT2D eigenvalue weighted by Gasteiger charge is 2.16. The van der Waals surface area contributed by atoms with Crippen LogP contribution in [0.25, 0.3) is 34.3 Å². The summed E-state index contributed by atoms with van der Waals surface area (Å²) >= 11 is 0. The molecule has 1 amide bonds. The van der Waals surface area contributed by atoms with Crippen LogP contribution in [0.1, 0.15) is 16.8 Å². The molecule has 0 saturated heterocycles. The smallest absolute Gasteiger partial charge is 0.268 e. The molecule has 2 aromatic heterocycles. The number of aliphatic hydroxyl groups is 1. The molecule has 0 aliphatic rings. The van der Waals surface area contributed by atoms with Crippen molar-refractivity contribution in [3.63, 3.8) is 0 Å². The second-order valence-corrected chi connectivity index (χ2v) is 7.40. The Hall–Kier alpha value is -4.11. The van der Waals surface area contributed by atoms with Gasteiger partial charge in [-0.3, -0.25) is 9.78 Å². The Bertz CT molecular complexity index is 1240. The van der Waals surface area contributed by atoms with Crippen LogP contribution in [0.2, 0.25) is 0 Å². The van der Waals surface area contributed by atoms with E-state index in [4.69, 9.17) is 14.3 Å². The predicted molar refractivity (Wildman–Crippen MR) is 121 cm³/mol. The van der Waals surface area contributed by atoms with Gasteiger partial charge in [0.1, 0.15) is 11.4 Å². The minimum absolute atomic E-state index is 0.0522. The Morgan fingerprint density at radius 2 is 1.73 bits per heavy atom. The number of aromatic nitrogens is 4. The quantitative estimate of drug-likeness (QED) is 0.411. The maximum absolute atomic E-state index is 12.1. The standard InChI is InChI=1S/C24H23N5O4/c1-29(2)24(31)17-10-8-16(9-11-17)19-14-25-15-20(26-19)23-28-27-22(33-23)18-6-3-4-7-21(18)32-13-5-12-30/h3-4,6-11,14-15,30H,5,12-13H2,1-2H3. The van der Waals surface area contributed by atoms with Gasteiger partial charge in [-0.05, 0) is 24.3 Å². The van der Waals surface area contributed by atoms with Crippen LogP contribution in [0.15, 0.2) is 65.3 Å². The normalized spacial score (nSPS) is 10.8. The van der Waals surface area contributed by atoms with E-state index in [-0.39, 0.29) is 18.4 Å². The number of carbonyl (C=O) groups is 1. The van der Waals surface area contributed by atoms with Gasteiger partial charge in [-0.15, -0.1) is 10.2 Å². The summed E-state index contributed by atoms with van der Waals surface area (Å²) in [7, 11) is 3.42. The van der Waals surface area contributed by atoms with Crippen LogP contribution in [-0.4, -0.2) is 63.4 Å². The zero-order valence-electron chi connectivity index (χ0n) is 18.3.